The zero-order valence-electron chi connectivity index (χ0n) is 10.3. The first-order chi connectivity index (χ1) is 8.76. The molecule has 0 atom stereocenters. The molecule has 0 radical (unpaired) electrons. The Balaban J connectivity index is 2.42. The lowest BCUT2D eigenvalue weighted by atomic mass is 10.2. The molecule has 94 valence electrons. The van der Waals surface area contributed by atoms with E-state index in [2.05, 4.69) is 0 Å². The number of methoxy groups -OCH3 is 1. The van der Waals surface area contributed by atoms with Crippen molar-refractivity contribution >= 4 is 17.3 Å². The summed E-state index contributed by atoms with van der Waals surface area (Å²) in [4.78, 5) is 13.2. The Kier molecular flexibility index (Phi) is 3.99. The van der Waals surface area contributed by atoms with Crippen LogP contribution in [0.3, 0.4) is 0 Å². The molecule has 0 saturated heterocycles. The molecule has 1 aromatic carbocycles. The summed E-state index contributed by atoms with van der Waals surface area (Å²) >= 11 is 1.39. The van der Waals surface area contributed by atoms with Crippen molar-refractivity contribution in [3.63, 3.8) is 0 Å². The van der Waals surface area contributed by atoms with Gasteiger partial charge in [0.25, 0.3) is 0 Å². The predicted octanol–water partition coefficient (Wildman–Crippen LogP) is 3.60. The van der Waals surface area contributed by atoms with Crippen LogP contribution in [0.25, 0.3) is 10.4 Å². The monoisotopic (exact) mass is 262 g/mol. The largest absolute Gasteiger partial charge is 0.492 e. The summed E-state index contributed by atoms with van der Waals surface area (Å²) in [6, 6.07) is 11.8. The van der Waals surface area contributed by atoms with E-state index in [-0.39, 0.29) is 5.97 Å². The lowest BCUT2D eigenvalue weighted by molar-refractivity contribution is 0.0602. The van der Waals surface area contributed by atoms with Crippen molar-refractivity contribution in [2.75, 3.05) is 13.7 Å². The Morgan fingerprint density at radius 1 is 1.28 bits per heavy atom. The summed E-state index contributed by atoms with van der Waals surface area (Å²) in [5, 5.41) is 0. The average Bonchev–Trinajstić information content (AvgIpc) is 2.83. The van der Waals surface area contributed by atoms with Crippen LogP contribution in [0.1, 0.15) is 16.6 Å². The minimum atomic E-state index is -0.356. The predicted molar refractivity (Wildman–Crippen MR) is 72.3 cm³/mol. The molecule has 4 heteroatoms. The first kappa shape index (κ1) is 12.6. The molecule has 0 aliphatic rings. The van der Waals surface area contributed by atoms with Crippen LogP contribution < -0.4 is 4.74 Å². The fourth-order valence-corrected chi connectivity index (χ4v) is 2.64. The van der Waals surface area contributed by atoms with E-state index in [1.807, 2.05) is 43.3 Å². The number of thiophene rings is 1. The fraction of sp³-hybridized carbons (Fsp3) is 0.214. The number of carbonyl (C=O) groups excluding carboxylic acids is 1. The maximum absolute atomic E-state index is 11.7. The minimum absolute atomic E-state index is 0.356. The molecule has 3 nitrogen and oxygen atoms in total. The van der Waals surface area contributed by atoms with Gasteiger partial charge in [-0.05, 0) is 18.6 Å². The zero-order valence-corrected chi connectivity index (χ0v) is 11.1. The highest BCUT2D eigenvalue weighted by Gasteiger charge is 2.18. The van der Waals surface area contributed by atoms with Crippen LogP contribution in [0, 0.1) is 0 Å². The first-order valence-corrected chi connectivity index (χ1v) is 6.48. The summed E-state index contributed by atoms with van der Waals surface area (Å²) in [6.45, 7) is 2.41. The van der Waals surface area contributed by atoms with Gasteiger partial charge in [0.15, 0.2) is 4.88 Å². The third-order valence-electron chi connectivity index (χ3n) is 2.43. The summed E-state index contributed by atoms with van der Waals surface area (Å²) in [5.74, 6) is 0.235. The Bertz CT molecular complexity index is 531. The van der Waals surface area contributed by atoms with Crippen molar-refractivity contribution in [1.82, 2.24) is 0 Å². The highest BCUT2D eigenvalue weighted by Crippen LogP contribution is 2.36. The molecule has 0 unspecified atom stereocenters. The quantitative estimate of drug-likeness (QED) is 0.790. The van der Waals surface area contributed by atoms with E-state index in [9.17, 15) is 4.79 Å². The third kappa shape index (κ3) is 2.54. The summed E-state index contributed by atoms with van der Waals surface area (Å²) < 4.78 is 10.2. The van der Waals surface area contributed by atoms with Crippen molar-refractivity contribution in [1.29, 1.82) is 0 Å². The van der Waals surface area contributed by atoms with Gasteiger partial charge in [0, 0.05) is 4.88 Å². The van der Waals surface area contributed by atoms with Crippen LogP contribution in [0.15, 0.2) is 36.4 Å². The second kappa shape index (κ2) is 5.69. The molecule has 0 fully saturated rings. The number of benzene rings is 1. The van der Waals surface area contributed by atoms with Crippen molar-refractivity contribution in [3.05, 3.63) is 41.3 Å². The Morgan fingerprint density at radius 3 is 2.61 bits per heavy atom. The smallest absolute Gasteiger partial charge is 0.351 e. The van der Waals surface area contributed by atoms with E-state index < -0.39 is 0 Å². The summed E-state index contributed by atoms with van der Waals surface area (Å²) in [5.41, 5.74) is 1.07. The van der Waals surface area contributed by atoms with Crippen molar-refractivity contribution in [3.8, 4) is 16.2 Å². The molecular weight excluding hydrogens is 248 g/mol. The molecule has 2 rings (SSSR count). The molecule has 0 aliphatic heterocycles. The Morgan fingerprint density at radius 2 is 2.00 bits per heavy atom. The molecule has 1 aromatic heterocycles. The van der Waals surface area contributed by atoms with Crippen molar-refractivity contribution in [2.24, 2.45) is 0 Å². The van der Waals surface area contributed by atoms with Gasteiger partial charge >= 0.3 is 5.97 Å². The van der Waals surface area contributed by atoms with E-state index in [1.165, 1.54) is 18.4 Å². The average molecular weight is 262 g/mol. The van der Waals surface area contributed by atoms with Gasteiger partial charge in [-0.15, -0.1) is 11.3 Å². The zero-order chi connectivity index (χ0) is 13.0. The third-order valence-corrected chi connectivity index (χ3v) is 3.57. The van der Waals surface area contributed by atoms with Crippen LogP contribution in [0.5, 0.6) is 5.75 Å². The van der Waals surface area contributed by atoms with Crippen LogP contribution in [-0.4, -0.2) is 19.7 Å². The van der Waals surface area contributed by atoms with Crippen LogP contribution >= 0.6 is 11.3 Å². The van der Waals surface area contributed by atoms with Crippen molar-refractivity contribution < 1.29 is 14.3 Å². The lowest BCUT2D eigenvalue weighted by Gasteiger charge is -2.01. The molecule has 0 aliphatic carbocycles. The number of hydrogen-bond donors (Lipinski definition) is 0. The van der Waals surface area contributed by atoms with E-state index >= 15 is 0 Å². The highest BCUT2D eigenvalue weighted by atomic mass is 32.1. The van der Waals surface area contributed by atoms with E-state index in [1.54, 1.807) is 0 Å². The lowest BCUT2D eigenvalue weighted by Crippen LogP contribution is -2.01. The molecule has 18 heavy (non-hydrogen) atoms. The van der Waals surface area contributed by atoms with Gasteiger partial charge in [0.2, 0.25) is 0 Å². The normalized spacial score (nSPS) is 10.1. The van der Waals surface area contributed by atoms with Gasteiger partial charge in [-0.1, -0.05) is 30.3 Å². The number of carbonyl (C=O) groups is 1. The van der Waals surface area contributed by atoms with Crippen LogP contribution in [-0.2, 0) is 4.74 Å². The molecule has 0 bridgehead atoms. The molecular formula is C14H14O3S. The topological polar surface area (TPSA) is 35.5 Å². The maximum atomic E-state index is 11.7. The number of hydrogen-bond acceptors (Lipinski definition) is 4. The minimum Gasteiger partial charge on any atom is -0.492 e. The number of ether oxygens (including phenoxy) is 2. The Labute approximate surface area is 110 Å². The fourth-order valence-electron chi connectivity index (χ4n) is 1.62. The van der Waals surface area contributed by atoms with Crippen molar-refractivity contribution in [2.45, 2.75) is 6.92 Å². The Hall–Kier alpha value is -1.81. The first-order valence-electron chi connectivity index (χ1n) is 5.66. The van der Waals surface area contributed by atoms with E-state index in [4.69, 9.17) is 9.47 Å². The molecule has 0 N–H and O–H groups in total. The standard InChI is InChI=1S/C14H14O3S/c1-3-17-11-9-12(10-7-5-4-6-8-10)18-13(11)14(15)16-2/h4-9H,3H2,1-2H3. The second-order valence-electron chi connectivity index (χ2n) is 3.59. The molecule has 2 aromatic rings. The van der Waals surface area contributed by atoms with Gasteiger partial charge in [0.05, 0.1) is 13.7 Å². The van der Waals surface area contributed by atoms with E-state index in [0.717, 1.165) is 10.4 Å². The summed E-state index contributed by atoms with van der Waals surface area (Å²) in [7, 11) is 1.37. The number of rotatable bonds is 4. The van der Waals surface area contributed by atoms with E-state index in [0.29, 0.717) is 17.2 Å². The summed E-state index contributed by atoms with van der Waals surface area (Å²) in [6.07, 6.45) is 0. The number of esters is 1. The maximum Gasteiger partial charge on any atom is 0.351 e. The van der Waals surface area contributed by atoms with Gasteiger partial charge in [0.1, 0.15) is 5.75 Å². The van der Waals surface area contributed by atoms with Gasteiger partial charge in [-0.3, -0.25) is 0 Å². The molecule has 0 saturated carbocycles. The van der Waals surface area contributed by atoms with Gasteiger partial charge in [-0.25, -0.2) is 4.79 Å². The second-order valence-corrected chi connectivity index (χ2v) is 4.65. The molecule has 1 heterocycles. The van der Waals surface area contributed by atoms with Gasteiger partial charge < -0.3 is 9.47 Å². The SMILES string of the molecule is CCOc1cc(-c2ccccc2)sc1C(=O)OC. The highest BCUT2D eigenvalue weighted by molar-refractivity contribution is 7.17. The molecule has 0 spiro atoms. The van der Waals surface area contributed by atoms with Crippen LogP contribution in [0.4, 0.5) is 0 Å². The molecule has 0 amide bonds. The van der Waals surface area contributed by atoms with Gasteiger partial charge in [-0.2, -0.15) is 0 Å². The van der Waals surface area contributed by atoms with Crippen LogP contribution in [0.2, 0.25) is 0 Å².